The molecular weight excluding hydrogens is 296 g/mol. The molecule has 0 aromatic carbocycles. The molecule has 0 aromatic heterocycles. The van der Waals surface area contributed by atoms with Crippen LogP contribution in [0.2, 0.25) is 0 Å². The first kappa shape index (κ1) is 20.2. The van der Waals surface area contributed by atoms with Crippen molar-refractivity contribution < 1.29 is 19.4 Å². The normalized spacial score (nSPS) is 20.1. The number of hydrogen-bond acceptors (Lipinski definition) is 5. The predicted octanol–water partition coefficient (Wildman–Crippen LogP) is 1.87. The lowest BCUT2D eigenvalue weighted by Gasteiger charge is -2.29. The fourth-order valence-electron chi connectivity index (χ4n) is 2.98. The van der Waals surface area contributed by atoms with Gasteiger partial charge in [-0.2, -0.15) is 0 Å². The number of amides is 1. The monoisotopic (exact) mass is 330 g/mol. The quantitative estimate of drug-likeness (QED) is 0.665. The van der Waals surface area contributed by atoms with Crippen molar-refractivity contribution in [3.63, 3.8) is 0 Å². The molecule has 1 saturated heterocycles. The molecule has 23 heavy (non-hydrogen) atoms. The second-order valence-corrected chi connectivity index (χ2v) is 7.54. The Hall–Kier alpha value is -0.850. The molecule has 0 aromatic rings. The Balaban J connectivity index is 2.44. The van der Waals surface area contributed by atoms with Crippen molar-refractivity contribution in [3.8, 4) is 0 Å². The first-order valence-electron chi connectivity index (χ1n) is 8.64. The first-order chi connectivity index (χ1) is 10.7. The van der Waals surface area contributed by atoms with Crippen LogP contribution >= 0.6 is 0 Å². The third-order valence-electron chi connectivity index (χ3n) is 3.96. The largest absolute Gasteiger partial charge is 0.444 e. The van der Waals surface area contributed by atoms with E-state index in [2.05, 4.69) is 19.2 Å². The summed E-state index contributed by atoms with van der Waals surface area (Å²) in [5, 5.41) is 12.2. The molecule has 1 rings (SSSR count). The van der Waals surface area contributed by atoms with Crippen LogP contribution in [-0.4, -0.2) is 67.2 Å². The van der Waals surface area contributed by atoms with Crippen LogP contribution in [0, 0.1) is 11.8 Å². The van der Waals surface area contributed by atoms with Gasteiger partial charge >= 0.3 is 6.09 Å². The van der Waals surface area contributed by atoms with E-state index in [1.807, 2.05) is 25.7 Å². The van der Waals surface area contributed by atoms with Gasteiger partial charge in [0, 0.05) is 25.7 Å². The third kappa shape index (κ3) is 7.50. The Kier molecular flexibility index (Phi) is 8.29. The molecule has 1 aliphatic heterocycles. The maximum absolute atomic E-state index is 12.2. The van der Waals surface area contributed by atoms with E-state index in [0.29, 0.717) is 31.1 Å². The molecule has 1 aliphatic rings. The number of nitrogens with one attached hydrogen (secondary N) is 1. The molecule has 0 saturated carbocycles. The maximum atomic E-state index is 12.2. The molecule has 6 nitrogen and oxygen atoms in total. The number of carbonyl (C=O) groups excluding carboxylic acids is 1. The van der Waals surface area contributed by atoms with E-state index < -0.39 is 5.60 Å². The summed E-state index contributed by atoms with van der Waals surface area (Å²) in [7, 11) is 0. The highest BCUT2D eigenvalue weighted by molar-refractivity contribution is 5.68. The Bertz CT molecular complexity index is 355. The maximum Gasteiger partial charge on any atom is 0.410 e. The molecule has 1 heterocycles. The summed E-state index contributed by atoms with van der Waals surface area (Å²) in [6.45, 7) is 13.3. The van der Waals surface area contributed by atoms with Gasteiger partial charge in [0.2, 0.25) is 0 Å². The van der Waals surface area contributed by atoms with Gasteiger partial charge in [0.15, 0.2) is 0 Å². The molecule has 6 heteroatoms. The van der Waals surface area contributed by atoms with Crippen LogP contribution in [0.5, 0.6) is 0 Å². The minimum atomic E-state index is -0.449. The molecule has 2 atom stereocenters. The van der Waals surface area contributed by atoms with Gasteiger partial charge in [-0.1, -0.05) is 13.8 Å². The number of carbonyl (C=O) groups is 1. The van der Waals surface area contributed by atoms with Crippen LogP contribution in [-0.2, 0) is 9.47 Å². The molecule has 0 spiro atoms. The van der Waals surface area contributed by atoms with Crippen LogP contribution in [0.1, 0.15) is 41.0 Å². The zero-order valence-electron chi connectivity index (χ0n) is 15.3. The fourth-order valence-corrected chi connectivity index (χ4v) is 2.98. The van der Waals surface area contributed by atoms with Gasteiger partial charge in [-0.25, -0.2) is 4.79 Å². The average Bonchev–Trinajstić information content (AvgIpc) is 2.90. The van der Waals surface area contributed by atoms with Crippen LogP contribution < -0.4 is 5.32 Å². The summed E-state index contributed by atoms with van der Waals surface area (Å²) < 4.78 is 10.8. The number of nitrogens with zero attached hydrogens (tertiary/aromatic N) is 1. The van der Waals surface area contributed by atoms with Gasteiger partial charge in [0.1, 0.15) is 5.60 Å². The Labute approximate surface area is 140 Å². The minimum Gasteiger partial charge on any atom is -0.444 e. The van der Waals surface area contributed by atoms with E-state index in [1.165, 1.54) is 0 Å². The van der Waals surface area contributed by atoms with E-state index in [9.17, 15) is 4.79 Å². The van der Waals surface area contributed by atoms with E-state index in [4.69, 9.17) is 14.6 Å². The molecule has 2 N–H and O–H groups in total. The van der Waals surface area contributed by atoms with E-state index in [-0.39, 0.29) is 12.7 Å². The molecular formula is C17H34N2O4. The highest BCUT2D eigenvalue weighted by Gasteiger charge is 2.34. The Morgan fingerprint density at radius 3 is 2.61 bits per heavy atom. The lowest BCUT2D eigenvalue weighted by atomic mass is 9.90. The number of aliphatic hydroxyl groups is 1. The summed E-state index contributed by atoms with van der Waals surface area (Å²) in [5.41, 5.74) is -0.449. The Morgan fingerprint density at radius 1 is 1.35 bits per heavy atom. The second kappa shape index (κ2) is 9.45. The highest BCUT2D eigenvalue weighted by Crippen LogP contribution is 2.25. The SMILES string of the molecule is CC(C)C(NCCOCCO)C1CCN(C(=O)OC(C)(C)C)C1. The van der Waals surface area contributed by atoms with Gasteiger partial charge in [0.25, 0.3) is 0 Å². The average molecular weight is 330 g/mol. The third-order valence-corrected chi connectivity index (χ3v) is 3.96. The van der Waals surface area contributed by atoms with Crippen molar-refractivity contribution in [2.75, 3.05) is 39.5 Å². The molecule has 2 unspecified atom stereocenters. The van der Waals surface area contributed by atoms with Crippen molar-refractivity contribution in [1.29, 1.82) is 0 Å². The van der Waals surface area contributed by atoms with E-state index in [1.54, 1.807) is 0 Å². The highest BCUT2D eigenvalue weighted by atomic mass is 16.6. The van der Waals surface area contributed by atoms with Crippen molar-refractivity contribution in [1.82, 2.24) is 10.2 Å². The minimum absolute atomic E-state index is 0.0566. The zero-order valence-corrected chi connectivity index (χ0v) is 15.3. The van der Waals surface area contributed by atoms with Gasteiger partial charge in [-0.05, 0) is 39.0 Å². The van der Waals surface area contributed by atoms with E-state index in [0.717, 1.165) is 26.1 Å². The second-order valence-electron chi connectivity index (χ2n) is 7.54. The number of aliphatic hydroxyl groups excluding tert-OH is 1. The number of hydrogen-bond donors (Lipinski definition) is 2. The molecule has 0 bridgehead atoms. The molecule has 0 aliphatic carbocycles. The standard InChI is InChI=1S/C17H34N2O4/c1-13(2)15(18-7-10-22-11-9-20)14-6-8-19(12-14)16(21)23-17(3,4)5/h13-15,18,20H,6-12H2,1-5H3. The Morgan fingerprint density at radius 2 is 2.04 bits per heavy atom. The molecule has 1 fully saturated rings. The molecule has 1 amide bonds. The summed E-state index contributed by atoms with van der Waals surface area (Å²) in [4.78, 5) is 14.0. The van der Waals surface area contributed by atoms with Gasteiger partial charge in [-0.3, -0.25) is 0 Å². The number of likely N-dealkylation sites (tertiary alicyclic amines) is 1. The summed E-state index contributed by atoms with van der Waals surface area (Å²) >= 11 is 0. The van der Waals surface area contributed by atoms with Crippen molar-refractivity contribution in [2.45, 2.75) is 52.7 Å². The van der Waals surface area contributed by atoms with E-state index >= 15 is 0 Å². The fraction of sp³-hybridized carbons (Fsp3) is 0.941. The molecule has 136 valence electrons. The summed E-state index contributed by atoms with van der Waals surface area (Å²) in [6, 6.07) is 0.347. The molecule has 0 radical (unpaired) electrons. The van der Waals surface area contributed by atoms with Crippen molar-refractivity contribution >= 4 is 6.09 Å². The summed E-state index contributed by atoms with van der Waals surface area (Å²) in [5.74, 6) is 0.914. The van der Waals surface area contributed by atoms with Crippen LogP contribution in [0.4, 0.5) is 4.79 Å². The van der Waals surface area contributed by atoms with Gasteiger partial charge < -0.3 is 24.8 Å². The lowest BCUT2D eigenvalue weighted by Crippen LogP contribution is -2.44. The topological polar surface area (TPSA) is 71.0 Å². The van der Waals surface area contributed by atoms with Crippen molar-refractivity contribution in [2.24, 2.45) is 11.8 Å². The number of rotatable bonds is 8. The van der Waals surface area contributed by atoms with Gasteiger partial charge in [0.05, 0.1) is 19.8 Å². The predicted molar refractivity (Wildman–Crippen MR) is 90.4 cm³/mol. The first-order valence-corrected chi connectivity index (χ1v) is 8.64. The van der Waals surface area contributed by atoms with Gasteiger partial charge in [-0.15, -0.1) is 0 Å². The van der Waals surface area contributed by atoms with Crippen LogP contribution in [0.3, 0.4) is 0 Å². The van der Waals surface area contributed by atoms with Crippen molar-refractivity contribution in [3.05, 3.63) is 0 Å². The summed E-state index contributed by atoms with van der Waals surface area (Å²) in [6.07, 6.45) is 0.779. The smallest absolute Gasteiger partial charge is 0.410 e. The lowest BCUT2D eigenvalue weighted by molar-refractivity contribution is 0.0283. The number of ether oxygens (including phenoxy) is 2. The zero-order chi connectivity index (χ0) is 17.5. The van der Waals surface area contributed by atoms with Crippen LogP contribution in [0.25, 0.3) is 0 Å². The van der Waals surface area contributed by atoms with Crippen LogP contribution in [0.15, 0.2) is 0 Å².